The fraction of sp³-hybridized carbons (Fsp3) is 0.276. The Kier molecular flexibility index (Phi) is 6.14. The van der Waals surface area contributed by atoms with Crippen molar-refractivity contribution >= 4 is 22.7 Å². The molecule has 0 aliphatic carbocycles. The second-order valence-corrected chi connectivity index (χ2v) is 9.64. The van der Waals surface area contributed by atoms with Gasteiger partial charge in [-0.2, -0.15) is 0 Å². The molecule has 37 heavy (non-hydrogen) atoms. The van der Waals surface area contributed by atoms with Crippen molar-refractivity contribution in [3.05, 3.63) is 94.1 Å². The first-order valence-electron chi connectivity index (χ1n) is 12.5. The van der Waals surface area contributed by atoms with Crippen molar-refractivity contribution in [2.45, 2.75) is 19.6 Å². The van der Waals surface area contributed by atoms with E-state index in [0.29, 0.717) is 28.1 Å². The summed E-state index contributed by atoms with van der Waals surface area (Å²) in [7, 11) is 0. The van der Waals surface area contributed by atoms with Crippen LogP contribution in [0.5, 0.6) is 5.75 Å². The van der Waals surface area contributed by atoms with E-state index in [4.69, 9.17) is 14.9 Å². The molecule has 1 fully saturated rings. The summed E-state index contributed by atoms with van der Waals surface area (Å²) in [6.07, 6.45) is 1.97. The first kappa shape index (κ1) is 23.6. The SMILES string of the molecule is C[C@@H](CN1CCOCC1)n1c(=N)[nH]c2cc(/C=C3/c4ccc(F)cc4OCc4c(F)cccc43)ccc21. The Bertz CT molecular complexity index is 1570. The van der Waals surface area contributed by atoms with Crippen molar-refractivity contribution in [1.82, 2.24) is 14.5 Å². The number of H-pyrrole nitrogens is 1. The fourth-order valence-corrected chi connectivity index (χ4v) is 5.37. The largest absolute Gasteiger partial charge is 0.488 e. The van der Waals surface area contributed by atoms with Gasteiger partial charge in [-0.15, -0.1) is 0 Å². The van der Waals surface area contributed by atoms with Crippen molar-refractivity contribution in [3.8, 4) is 5.75 Å². The van der Waals surface area contributed by atoms with Crippen LogP contribution in [0.4, 0.5) is 8.78 Å². The second kappa shape index (κ2) is 9.61. The zero-order chi connectivity index (χ0) is 25.5. The molecule has 0 spiro atoms. The van der Waals surface area contributed by atoms with Crippen LogP contribution < -0.4 is 10.4 Å². The number of hydrogen-bond acceptors (Lipinski definition) is 4. The molecule has 2 aliphatic rings. The summed E-state index contributed by atoms with van der Waals surface area (Å²) in [6, 6.07) is 15.5. The van der Waals surface area contributed by atoms with E-state index < -0.39 is 5.82 Å². The number of nitrogens with one attached hydrogen (secondary N) is 2. The zero-order valence-corrected chi connectivity index (χ0v) is 20.6. The van der Waals surface area contributed by atoms with Gasteiger partial charge < -0.3 is 19.0 Å². The first-order chi connectivity index (χ1) is 18.0. The Balaban J connectivity index is 1.42. The molecule has 0 unspecified atom stereocenters. The molecule has 3 aromatic carbocycles. The predicted molar refractivity (Wildman–Crippen MR) is 138 cm³/mol. The van der Waals surface area contributed by atoms with Crippen LogP contribution in [0.25, 0.3) is 22.7 Å². The van der Waals surface area contributed by atoms with E-state index in [1.165, 1.54) is 18.2 Å². The Morgan fingerprint density at radius 2 is 1.89 bits per heavy atom. The van der Waals surface area contributed by atoms with E-state index in [2.05, 4.69) is 16.8 Å². The molecule has 0 bridgehead atoms. The van der Waals surface area contributed by atoms with Gasteiger partial charge in [0.2, 0.25) is 5.62 Å². The normalized spacial score (nSPS) is 17.8. The summed E-state index contributed by atoms with van der Waals surface area (Å²) in [4.78, 5) is 5.58. The molecule has 1 aromatic heterocycles. The van der Waals surface area contributed by atoms with E-state index in [0.717, 1.165) is 55.0 Å². The Hall–Kier alpha value is -3.75. The summed E-state index contributed by atoms with van der Waals surface area (Å²) in [5.74, 6) is -0.382. The fourth-order valence-electron chi connectivity index (χ4n) is 5.37. The Labute approximate surface area is 213 Å². The number of benzene rings is 3. The number of fused-ring (bicyclic) bond motifs is 3. The lowest BCUT2D eigenvalue weighted by molar-refractivity contribution is 0.0325. The number of aromatic amines is 1. The summed E-state index contributed by atoms with van der Waals surface area (Å²) in [6.45, 7) is 6.27. The zero-order valence-electron chi connectivity index (χ0n) is 20.6. The van der Waals surface area contributed by atoms with Gasteiger partial charge >= 0.3 is 0 Å². The number of rotatable bonds is 4. The Morgan fingerprint density at radius 1 is 1.05 bits per heavy atom. The molecule has 4 aromatic rings. The molecule has 8 heteroatoms. The predicted octanol–water partition coefficient (Wildman–Crippen LogP) is 5.10. The number of morpholine rings is 1. The van der Waals surface area contributed by atoms with Crippen LogP contribution in [0.3, 0.4) is 0 Å². The van der Waals surface area contributed by atoms with Gasteiger partial charge in [-0.3, -0.25) is 10.3 Å². The minimum absolute atomic E-state index is 0.0225. The van der Waals surface area contributed by atoms with Gasteiger partial charge in [-0.1, -0.05) is 18.2 Å². The summed E-state index contributed by atoms with van der Waals surface area (Å²) >= 11 is 0. The van der Waals surface area contributed by atoms with Crippen LogP contribution in [0.15, 0.2) is 54.6 Å². The Morgan fingerprint density at radius 3 is 2.73 bits per heavy atom. The lowest BCUT2D eigenvalue weighted by atomic mass is 9.92. The monoisotopic (exact) mass is 502 g/mol. The number of hydrogen-bond donors (Lipinski definition) is 2. The molecule has 0 saturated carbocycles. The maximum Gasteiger partial charge on any atom is 0.200 e. The quantitative estimate of drug-likeness (QED) is 0.408. The maximum absolute atomic E-state index is 14.7. The number of nitrogens with zero attached hydrogens (tertiary/aromatic N) is 2. The molecule has 6 rings (SSSR count). The van der Waals surface area contributed by atoms with E-state index in [-0.39, 0.29) is 18.5 Å². The average molecular weight is 503 g/mol. The molecule has 190 valence electrons. The highest BCUT2D eigenvalue weighted by Crippen LogP contribution is 2.39. The van der Waals surface area contributed by atoms with Crippen LogP contribution in [0, 0.1) is 17.0 Å². The molecule has 2 N–H and O–H groups in total. The van der Waals surface area contributed by atoms with Gasteiger partial charge in [0, 0.05) is 42.9 Å². The molecule has 3 heterocycles. The third kappa shape index (κ3) is 4.47. The summed E-state index contributed by atoms with van der Waals surface area (Å²) < 4.78 is 42.1. The first-order valence-corrected chi connectivity index (χ1v) is 12.5. The molecule has 6 nitrogen and oxygen atoms in total. The molecule has 0 amide bonds. The highest BCUT2D eigenvalue weighted by molar-refractivity contribution is 5.95. The van der Waals surface area contributed by atoms with E-state index in [9.17, 15) is 8.78 Å². The smallest absolute Gasteiger partial charge is 0.200 e. The van der Waals surface area contributed by atoms with Crippen molar-refractivity contribution < 1.29 is 18.3 Å². The number of imidazole rings is 1. The van der Waals surface area contributed by atoms with E-state index in [1.807, 2.05) is 34.9 Å². The van der Waals surface area contributed by atoms with Crippen LogP contribution in [-0.2, 0) is 11.3 Å². The molecular weight excluding hydrogens is 474 g/mol. The maximum atomic E-state index is 14.7. The van der Waals surface area contributed by atoms with Crippen molar-refractivity contribution in [1.29, 1.82) is 5.41 Å². The molecule has 1 atom stereocenters. The van der Waals surface area contributed by atoms with Gasteiger partial charge in [0.25, 0.3) is 0 Å². The van der Waals surface area contributed by atoms with Crippen LogP contribution in [0.2, 0.25) is 0 Å². The van der Waals surface area contributed by atoms with Crippen molar-refractivity contribution in [2.24, 2.45) is 0 Å². The summed E-state index contributed by atoms with van der Waals surface area (Å²) in [5.41, 5.74) is 5.63. The van der Waals surface area contributed by atoms with Gasteiger partial charge in [0.1, 0.15) is 24.0 Å². The van der Waals surface area contributed by atoms with Gasteiger partial charge in [0.05, 0.1) is 24.2 Å². The van der Waals surface area contributed by atoms with Gasteiger partial charge in [-0.05, 0) is 60.0 Å². The minimum atomic E-state index is -0.406. The standard InChI is InChI=1S/C29H28F2N4O2/c1-18(16-34-9-11-36-12-10-34)35-27-8-5-19(14-26(27)33-29(35)32)13-23-21-3-2-4-25(31)24(21)17-37-28-15-20(30)6-7-22(23)28/h2-8,13-15,18H,9-12,16-17H2,1H3,(H2,32,33)/b23-13+/t18-/m0/s1. The molecule has 1 saturated heterocycles. The van der Waals surface area contributed by atoms with Crippen LogP contribution in [0.1, 0.15) is 35.2 Å². The lowest BCUT2D eigenvalue weighted by Gasteiger charge is -2.29. The molecular formula is C29H28F2N4O2. The van der Waals surface area contributed by atoms with Crippen molar-refractivity contribution in [2.75, 3.05) is 32.8 Å². The second-order valence-electron chi connectivity index (χ2n) is 9.64. The van der Waals surface area contributed by atoms with E-state index in [1.54, 1.807) is 12.1 Å². The number of ether oxygens (including phenoxy) is 2. The summed E-state index contributed by atoms with van der Waals surface area (Å²) in [5, 5.41) is 8.59. The molecule has 2 aliphatic heterocycles. The highest BCUT2D eigenvalue weighted by atomic mass is 19.1. The third-order valence-electron chi connectivity index (χ3n) is 7.17. The van der Waals surface area contributed by atoms with Gasteiger partial charge in [-0.25, -0.2) is 8.78 Å². The lowest BCUT2D eigenvalue weighted by Crippen LogP contribution is -2.40. The highest BCUT2D eigenvalue weighted by Gasteiger charge is 2.23. The molecule has 0 radical (unpaired) electrons. The van der Waals surface area contributed by atoms with E-state index >= 15 is 0 Å². The average Bonchev–Trinajstić information content (AvgIpc) is 3.13. The minimum Gasteiger partial charge on any atom is -0.488 e. The van der Waals surface area contributed by atoms with Crippen LogP contribution in [-0.4, -0.2) is 47.3 Å². The number of halogens is 2. The third-order valence-corrected chi connectivity index (χ3v) is 7.17. The van der Waals surface area contributed by atoms with Crippen LogP contribution >= 0.6 is 0 Å². The van der Waals surface area contributed by atoms with Crippen molar-refractivity contribution in [3.63, 3.8) is 0 Å². The topological polar surface area (TPSA) is 66.3 Å². The van der Waals surface area contributed by atoms with Gasteiger partial charge in [0.15, 0.2) is 0 Å². The number of aromatic nitrogens is 2.